The molecule has 0 aliphatic rings. The molecule has 1 N–H and O–H groups in total. The molecule has 7 heteroatoms. The van der Waals surface area contributed by atoms with Gasteiger partial charge in [-0.25, -0.2) is 12.8 Å². The summed E-state index contributed by atoms with van der Waals surface area (Å²) < 4.78 is 37.7. The molecule has 0 fully saturated rings. The molecule has 1 aromatic carbocycles. The first-order valence-electron chi connectivity index (χ1n) is 6.70. The zero-order valence-electron chi connectivity index (χ0n) is 12.5. The van der Waals surface area contributed by atoms with Gasteiger partial charge in [-0.15, -0.1) is 0 Å². The van der Waals surface area contributed by atoms with Crippen molar-refractivity contribution in [3.05, 3.63) is 30.1 Å². The Morgan fingerprint density at radius 2 is 2.05 bits per heavy atom. The highest BCUT2D eigenvalue weighted by atomic mass is 32.2. The fourth-order valence-electron chi connectivity index (χ4n) is 1.72. The summed E-state index contributed by atoms with van der Waals surface area (Å²) in [5, 5.41) is 2.66. The molecule has 0 heterocycles. The van der Waals surface area contributed by atoms with Crippen LogP contribution in [0.15, 0.2) is 24.3 Å². The molecule has 118 valence electrons. The SMILES string of the molecule is CC(C)CCNC(=O)CN(c1cccc(F)c1)S(C)(=O)=O. The van der Waals surface area contributed by atoms with Crippen molar-refractivity contribution < 1.29 is 17.6 Å². The van der Waals surface area contributed by atoms with E-state index in [1.807, 2.05) is 13.8 Å². The Morgan fingerprint density at radius 1 is 1.38 bits per heavy atom. The van der Waals surface area contributed by atoms with Crippen LogP contribution in [0.2, 0.25) is 0 Å². The number of amides is 1. The van der Waals surface area contributed by atoms with Gasteiger partial charge in [-0.3, -0.25) is 9.10 Å². The summed E-state index contributed by atoms with van der Waals surface area (Å²) in [6.45, 7) is 4.18. The molecule has 1 rings (SSSR count). The van der Waals surface area contributed by atoms with Gasteiger partial charge in [-0.05, 0) is 30.5 Å². The summed E-state index contributed by atoms with van der Waals surface area (Å²) in [6, 6.07) is 5.15. The van der Waals surface area contributed by atoms with Crippen molar-refractivity contribution in [1.29, 1.82) is 0 Å². The Hall–Kier alpha value is -1.63. The average Bonchev–Trinajstić information content (AvgIpc) is 2.34. The molecule has 0 aliphatic carbocycles. The summed E-state index contributed by atoms with van der Waals surface area (Å²) >= 11 is 0. The zero-order valence-corrected chi connectivity index (χ0v) is 13.3. The Balaban J connectivity index is 2.79. The molecule has 1 amide bonds. The molecular weight excluding hydrogens is 295 g/mol. The van der Waals surface area contributed by atoms with E-state index < -0.39 is 21.7 Å². The first-order valence-corrected chi connectivity index (χ1v) is 8.55. The summed E-state index contributed by atoms with van der Waals surface area (Å²) in [4.78, 5) is 11.8. The third-order valence-electron chi connectivity index (χ3n) is 2.83. The number of hydrogen-bond donors (Lipinski definition) is 1. The van der Waals surface area contributed by atoms with E-state index >= 15 is 0 Å². The van der Waals surface area contributed by atoms with Crippen molar-refractivity contribution >= 4 is 21.6 Å². The lowest BCUT2D eigenvalue weighted by molar-refractivity contribution is -0.119. The van der Waals surface area contributed by atoms with E-state index in [2.05, 4.69) is 5.32 Å². The Bertz CT molecular complexity index is 588. The Labute approximate surface area is 125 Å². The summed E-state index contributed by atoms with van der Waals surface area (Å²) in [5.41, 5.74) is 0.136. The molecule has 0 spiro atoms. The van der Waals surface area contributed by atoms with E-state index in [4.69, 9.17) is 0 Å². The minimum absolute atomic E-state index is 0.136. The van der Waals surface area contributed by atoms with Crippen LogP contribution in [0.5, 0.6) is 0 Å². The van der Waals surface area contributed by atoms with Gasteiger partial charge in [-0.2, -0.15) is 0 Å². The smallest absolute Gasteiger partial charge is 0.240 e. The monoisotopic (exact) mass is 316 g/mol. The van der Waals surface area contributed by atoms with Gasteiger partial charge in [0.25, 0.3) is 0 Å². The van der Waals surface area contributed by atoms with Crippen molar-refractivity contribution in [2.45, 2.75) is 20.3 Å². The molecule has 0 radical (unpaired) electrons. The number of sulfonamides is 1. The topological polar surface area (TPSA) is 66.5 Å². The van der Waals surface area contributed by atoms with Crippen molar-refractivity contribution in [3.63, 3.8) is 0 Å². The number of carbonyl (C=O) groups excluding carboxylic acids is 1. The number of nitrogens with zero attached hydrogens (tertiary/aromatic N) is 1. The van der Waals surface area contributed by atoms with Crippen LogP contribution in [0.1, 0.15) is 20.3 Å². The predicted molar refractivity (Wildman–Crippen MR) is 81.1 cm³/mol. The molecule has 0 saturated carbocycles. The van der Waals surface area contributed by atoms with Crippen LogP contribution in [0.4, 0.5) is 10.1 Å². The van der Waals surface area contributed by atoms with Crippen molar-refractivity contribution in [3.8, 4) is 0 Å². The standard InChI is InChI=1S/C14H21FN2O3S/c1-11(2)7-8-16-14(18)10-17(21(3,19)20)13-6-4-5-12(15)9-13/h4-6,9,11H,7-8,10H2,1-3H3,(H,16,18). The summed E-state index contributed by atoms with van der Waals surface area (Å²) in [7, 11) is -3.67. The van der Waals surface area contributed by atoms with Gasteiger partial charge >= 0.3 is 0 Å². The molecule has 0 atom stereocenters. The van der Waals surface area contributed by atoms with Crippen molar-refractivity contribution in [2.75, 3.05) is 23.7 Å². The second-order valence-electron chi connectivity index (χ2n) is 5.28. The molecule has 0 bridgehead atoms. The predicted octanol–water partition coefficient (Wildman–Crippen LogP) is 1.75. The minimum Gasteiger partial charge on any atom is -0.355 e. The lowest BCUT2D eigenvalue weighted by Crippen LogP contribution is -2.40. The highest BCUT2D eigenvalue weighted by molar-refractivity contribution is 7.92. The van der Waals surface area contributed by atoms with Crippen LogP contribution in [0.25, 0.3) is 0 Å². The van der Waals surface area contributed by atoms with Crippen LogP contribution in [0, 0.1) is 11.7 Å². The number of benzene rings is 1. The molecule has 21 heavy (non-hydrogen) atoms. The fourth-order valence-corrected chi connectivity index (χ4v) is 2.57. The van der Waals surface area contributed by atoms with Gasteiger partial charge in [0.15, 0.2) is 0 Å². The first kappa shape index (κ1) is 17.4. The molecule has 1 aromatic rings. The number of carbonyl (C=O) groups is 1. The van der Waals surface area contributed by atoms with Gasteiger partial charge < -0.3 is 5.32 Å². The van der Waals surface area contributed by atoms with Gasteiger partial charge in [0.05, 0.1) is 11.9 Å². The normalized spacial score (nSPS) is 11.5. The maximum atomic E-state index is 13.2. The van der Waals surface area contributed by atoms with Gasteiger partial charge in [0.2, 0.25) is 15.9 Å². The van der Waals surface area contributed by atoms with E-state index in [0.717, 1.165) is 23.0 Å². The average molecular weight is 316 g/mol. The molecule has 0 aliphatic heterocycles. The number of hydrogen-bond acceptors (Lipinski definition) is 3. The number of halogens is 1. The third kappa shape index (κ3) is 6.12. The highest BCUT2D eigenvalue weighted by Gasteiger charge is 2.21. The van der Waals surface area contributed by atoms with E-state index in [1.165, 1.54) is 18.2 Å². The Kier molecular flexibility index (Phi) is 6.14. The third-order valence-corrected chi connectivity index (χ3v) is 3.97. The maximum absolute atomic E-state index is 13.2. The minimum atomic E-state index is -3.67. The number of anilines is 1. The van der Waals surface area contributed by atoms with Crippen LogP contribution in [-0.2, 0) is 14.8 Å². The highest BCUT2D eigenvalue weighted by Crippen LogP contribution is 2.18. The Morgan fingerprint density at radius 3 is 2.57 bits per heavy atom. The summed E-state index contributed by atoms with van der Waals surface area (Å²) in [5.74, 6) is -0.522. The fraction of sp³-hybridized carbons (Fsp3) is 0.500. The molecule has 0 saturated heterocycles. The second-order valence-corrected chi connectivity index (χ2v) is 7.19. The molecule has 0 unspecified atom stereocenters. The number of rotatable bonds is 7. The zero-order chi connectivity index (χ0) is 16.0. The largest absolute Gasteiger partial charge is 0.355 e. The quantitative estimate of drug-likeness (QED) is 0.833. The van der Waals surface area contributed by atoms with Crippen LogP contribution in [0.3, 0.4) is 0 Å². The van der Waals surface area contributed by atoms with Crippen molar-refractivity contribution in [1.82, 2.24) is 5.32 Å². The van der Waals surface area contributed by atoms with Crippen molar-refractivity contribution in [2.24, 2.45) is 5.92 Å². The van der Waals surface area contributed by atoms with Crippen LogP contribution < -0.4 is 9.62 Å². The lowest BCUT2D eigenvalue weighted by atomic mass is 10.1. The van der Waals surface area contributed by atoms with Gasteiger partial charge in [0.1, 0.15) is 12.4 Å². The van der Waals surface area contributed by atoms with E-state index in [1.54, 1.807) is 0 Å². The van der Waals surface area contributed by atoms with E-state index in [0.29, 0.717) is 12.5 Å². The molecule has 0 aromatic heterocycles. The van der Waals surface area contributed by atoms with Crippen LogP contribution >= 0.6 is 0 Å². The first-order chi connectivity index (χ1) is 9.70. The van der Waals surface area contributed by atoms with Crippen LogP contribution in [-0.4, -0.2) is 33.7 Å². The second kappa shape index (κ2) is 7.40. The number of nitrogens with one attached hydrogen (secondary N) is 1. The lowest BCUT2D eigenvalue weighted by Gasteiger charge is -2.22. The van der Waals surface area contributed by atoms with E-state index in [-0.39, 0.29) is 12.2 Å². The van der Waals surface area contributed by atoms with E-state index in [9.17, 15) is 17.6 Å². The maximum Gasteiger partial charge on any atom is 0.240 e. The molecule has 5 nitrogen and oxygen atoms in total. The van der Waals surface area contributed by atoms with Gasteiger partial charge in [0, 0.05) is 6.54 Å². The summed E-state index contributed by atoms with van der Waals surface area (Å²) in [6.07, 6.45) is 1.80. The molecular formula is C14H21FN2O3S. The van der Waals surface area contributed by atoms with Gasteiger partial charge in [-0.1, -0.05) is 19.9 Å².